The van der Waals surface area contributed by atoms with Gasteiger partial charge in [-0.1, -0.05) is 6.07 Å². The molecule has 1 aromatic carbocycles. The third kappa shape index (κ3) is 2.42. The summed E-state index contributed by atoms with van der Waals surface area (Å²) in [7, 11) is 4.50. The van der Waals surface area contributed by atoms with E-state index in [1.54, 1.807) is 20.2 Å². The first kappa shape index (κ1) is 13.9. The zero-order valence-electron chi connectivity index (χ0n) is 11.8. The number of methoxy groups -OCH3 is 1. The molecule has 20 heavy (non-hydrogen) atoms. The number of rotatable bonds is 2. The van der Waals surface area contributed by atoms with E-state index in [0.717, 1.165) is 5.56 Å². The summed E-state index contributed by atoms with van der Waals surface area (Å²) in [6, 6.07) is 5.51. The molecule has 1 N–H and O–H groups in total. The molecule has 7 nitrogen and oxygen atoms in total. The molecule has 7 heteroatoms. The van der Waals surface area contributed by atoms with Gasteiger partial charge >= 0.3 is 6.09 Å². The lowest BCUT2D eigenvalue weighted by Crippen LogP contribution is -2.31. The molecule has 2 amide bonds. The Kier molecular flexibility index (Phi) is 3.60. The standard InChI is InChI=1S/C13H16N4O3/c1-8-5-6-10-9(7-8)14-11(12(18)16(2)3)17(10)15-13(19)20-4/h5-7H,1-4H3,(H,15,19). The summed E-state index contributed by atoms with van der Waals surface area (Å²) in [6.07, 6.45) is -0.669. The normalized spacial score (nSPS) is 10.4. The summed E-state index contributed by atoms with van der Waals surface area (Å²) in [5.41, 5.74) is 4.76. The predicted octanol–water partition coefficient (Wildman–Crippen LogP) is 1.36. The molecule has 1 heterocycles. The van der Waals surface area contributed by atoms with Gasteiger partial charge in [0.15, 0.2) is 0 Å². The van der Waals surface area contributed by atoms with E-state index in [9.17, 15) is 9.59 Å². The van der Waals surface area contributed by atoms with Crippen molar-refractivity contribution in [3.63, 3.8) is 0 Å². The number of ether oxygens (including phenoxy) is 1. The number of imidazole rings is 1. The van der Waals surface area contributed by atoms with E-state index in [0.29, 0.717) is 11.0 Å². The van der Waals surface area contributed by atoms with Gasteiger partial charge in [0.05, 0.1) is 18.1 Å². The maximum absolute atomic E-state index is 12.1. The summed E-state index contributed by atoms with van der Waals surface area (Å²) in [6.45, 7) is 1.93. The number of hydrogen-bond acceptors (Lipinski definition) is 4. The van der Waals surface area contributed by atoms with Crippen LogP contribution in [0.4, 0.5) is 4.79 Å². The highest BCUT2D eigenvalue weighted by molar-refractivity contribution is 5.96. The van der Waals surface area contributed by atoms with Crippen LogP contribution in [0.15, 0.2) is 18.2 Å². The fourth-order valence-electron chi connectivity index (χ4n) is 1.78. The van der Waals surface area contributed by atoms with E-state index in [-0.39, 0.29) is 11.7 Å². The number of carbonyl (C=O) groups excluding carboxylic acids is 2. The average molecular weight is 276 g/mol. The van der Waals surface area contributed by atoms with E-state index in [4.69, 9.17) is 0 Å². The van der Waals surface area contributed by atoms with Gasteiger partial charge in [-0.15, -0.1) is 0 Å². The van der Waals surface area contributed by atoms with Gasteiger partial charge in [-0.3, -0.25) is 4.79 Å². The minimum absolute atomic E-state index is 0.126. The number of aryl methyl sites for hydroxylation is 1. The molecule has 2 aromatic rings. The molecule has 0 radical (unpaired) electrons. The van der Waals surface area contributed by atoms with E-state index in [1.165, 1.54) is 16.7 Å². The molecule has 0 aliphatic carbocycles. The highest BCUT2D eigenvalue weighted by atomic mass is 16.5. The van der Waals surface area contributed by atoms with Crippen LogP contribution in [0, 0.1) is 6.92 Å². The lowest BCUT2D eigenvalue weighted by atomic mass is 10.2. The lowest BCUT2D eigenvalue weighted by Gasteiger charge is -2.12. The molecular formula is C13H16N4O3. The molecule has 1 aromatic heterocycles. The van der Waals surface area contributed by atoms with Gasteiger partial charge in [0.2, 0.25) is 5.82 Å². The van der Waals surface area contributed by atoms with Gasteiger partial charge in [-0.2, -0.15) is 0 Å². The quantitative estimate of drug-likeness (QED) is 0.898. The summed E-state index contributed by atoms with van der Waals surface area (Å²) in [5.74, 6) is -0.184. The zero-order chi connectivity index (χ0) is 14.9. The smallest absolute Gasteiger partial charge is 0.426 e. The number of amides is 2. The van der Waals surface area contributed by atoms with E-state index < -0.39 is 6.09 Å². The van der Waals surface area contributed by atoms with Crippen LogP contribution in [0.3, 0.4) is 0 Å². The topological polar surface area (TPSA) is 76.5 Å². The maximum atomic E-state index is 12.1. The largest absolute Gasteiger partial charge is 0.452 e. The van der Waals surface area contributed by atoms with Gasteiger partial charge in [0, 0.05) is 14.1 Å². The first-order valence-corrected chi connectivity index (χ1v) is 5.99. The summed E-state index contributed by atoms with van der Waals surface area (Å²) in [4.78, 5) is 29.2. The molecule has 0 bridgehead atoms. The van der Waals surface area contributed by atoms with Gasteiger partial charge in [0.1, 0.15) is 0 Å². The Balaban J connectivity index is 2.62. The molecule has 0 spiro atoms. The Labute approximate surface area is 116 Å². The first-order chi connectivity index (χ1) is 9.43. The highest BCUT2D eigenvalue weighted by Crippen LogP contribution is 2.17. The fourth-order valence-corrected chi connectivity index (χ4v) is 1.78. The molecule has 0 unspecified atom stereocenters. The molecule has 0 saturated heterocycles. The van der Waals surface area contributed by atoms with Gasteiger partial charge < -0.3 is 9.64 Å². The van der Waals surface area contributed by atoms with Crippen molar-refractivity contribution < 1.29 is 14.3 Å². The number of hydrogen-bond donors (Lipinski definition) is 1. The third-order valence-corrected chi connectivity index (χ3v) is 2.80. The van der Waals surface area contributed by atoms with Gasteiger partial charge in [-0.05, 0) is 24.6 Å². The van der Waals surface area contributed by atoms with Gasteiger partial charge in [0.25, 0.3) is 5.91 Å². The van der Waals surface area contributed by atoms with Crippen LogP contribution < -0.4 is 5.43 Å². The second kappa shape index (κ2) is 5.20. The monoisotopic (exact) mass is 276 g/mol. The highest BCUT2D eigenvalue weighted by Gasteiger charge is 2.20. The lowest BCUT2D eigenvalue weighted by molar-refractivity contribution is 0.0813. The molecule has 0 aliphatic heterocycles. The second-order valence-electron chi connectivity index (χ2n) is 4.57. The van der Waals surface area contributed by atoms with Gasteiger partial charge in [-0.25, -0.2) is 19.9 Å². The van der Waals surface area contributed by atoms with Crippen LogP contribution in [-0.2, 0) is 4.74 Å². The van der Waals surface area contributed by atoms with Crippen molar-refractivity contribution in [1.82, 2.24) is 14.6 Å². The fraction of sp³-hybridized carbons (Fsp3) is 0.308. The van der Waals surface area contributed by atoms with E-state index in [2.05, 4.69) is 15.1 Å². The minimum atomic E-state index is -0.669. The molecular weight excluding hydrogens is 260 g/mol. The van der Waals surface area contributed by atoms with Crippen molar-refractivity contribution >= 4 is 23.0 Å². The summed E-state index contributed by atoms with van der Waals surface area (Å²) >= 11 is 0. The number of fused-ring (bicyclic) bond motifs is 1. The summed E-state index contributed by atoms with van der Waals surface area (Å²) in [5, 5.41) is 0. The molecule has 0 atom stereocenters. The minimum Gasteiger partial charge on any atom is -0.452 e. The summed E-state index contributed by atoms with van der Waals surface area (Å²) < 4.78 is 5.90. The number of carbonyl (C=O) groups is 2. The maximum Gasteiger partial charge on any atom is 0.426 e. The Bertz CT molecular complexity index is 676. The van der Waals surface area contributed by atoms with Crippen LogP contribution in [0.2, 0.25) is 0 Å². The van der Waals surface area contributed by atoms with E-state index in [1.807, 2.05) is 19.1 Å². The van der Waals surface area contributed by atoms with Crippen LogP contribution in [-0.4, -0.2) is 47.8 Å². The third-order valence-electron chi connectivity index (χ3n) is 2.80. The van der Waals surface area contributed by atoms with Crippen LogP contribution in [0.5, 0.6) is 0 Å². The Morgan fingerprint density at radius 1 is 1.35 bits per heavy atom. The molecule has 0 fully saturated rings. The zero-order valence-corrected chi connectivity index (χ0v) is 11.8. The Hall–Kier alpha value is -2.57. The van der Waals surface area contributed by atoms with Crippen LogP contribution >= 0.6 is 0 Å². The van der Waals surface area contributed by atoms with Crippen molar-refractivity contribution in [3.05, 3.63) is 29.6 Å². The number of nitrogens with one attached hydrogen (secondary N) is 1. The molecule has 2 rings (SSSR count). The van der Waals surface area contributed by atoms with Crippen molar-refractivity contribution in [1.29, 1.82) is 0 Å². The number of benzene rings is 1. The first-order valence-electron chi connectivity index (χ1n) is 5.99. The Morgan fingerprint density at radius 2 is 2.05 bits per heavy atom. The van der Waals surface area contributed by atoms with Crippen molar-refractivity contribution in [3.8, 4) is 0 Å². The van der Waals surface area contributed by atoms with Crippen molar-refractivity contribution in [2.24, 2.45) is 0 Å². The molecule has 106 valence electrons. The van der Waals surface area contributed by atoms with Crippen molar-refractivity contribution in [2.45, 2.75) is 6.92 Å². The predicted molar refractivity (Wildman–Crippen MR) is 74.3 cm³/mol. The number of nitrogens with zero attached hydrogens (tertiary/aromatic N) is 3. The molecule has 0 saturated carbocycles. The SMILES string of the molecule is COC(=O)Nn1c(C(=O)N(C)C)nc2cc(C)ccc21. The Morgan fingerprint density at radius 3 is 2.65 bits per heavy atom. The average Bonchev–Trinajstić information content (AvgIpc) is 2.75. The molecule has 0 aliphatic rings. The van der Waals surface area contributed by atoms with Crippen LogP contribution in [0.25, 0.3) is 11.0 Å². The second-order valence-corrected chi connectivity index (χ2v) is 4.57. The van der Waals surface area contributed by atoms with Crippen LogP contribution in [0.1, 0.15) is 16.2 Å². The van der Waals surface area contributed by atoms with E-state index >= 15 is 0 Å². The van der Waals surface area contributed by atoms with Crippen molar-refractivity contribution in [2.75, 3.05) is 26.6 Å². The number of aromatic nitrogens is 2.